The van der Waals surface area contributed by atoms with Gasteiger partial charge in [0.1, 0.15) is 0 Å². The van der Waals surface area contributed by atoms with Gasteiger partial charge in [-0.3, -0.25) is 9.59 Å². The summed E-state index contributed by atoms with van der Waals surface area (Å²) >= 11 is 1.74. The molecule has 8 heteroatoms. The Labute approximate surface area is 196 Å². The van der Waals surface area contributed by atoms with Crippen LogP contribution in [0.25, 0.3) is 10.2 Å². The third kappa shape index (κ3) is 5.11. The van der Waals surface area contributed by atoms with E-state index in [9.17, 15) is 9.59 Å². The van der Waals surface area contributed by atoms with E-state index in [2.05, 4.69) is 16.4 Å². The molecule has 2 aromatic carbocycles. The van der Waals surface area contributed by atoms with Gasteiger partial charge in [-0.15, -0.1) is 11.3 Å². The number of anilines is 1. The average Bonchev–Trinajstić information content (AvgIpc) is 3.48. The number of thiazole rings is 1. The summed E-state index contributed by atoms with van der Waals surface area (Å²) in [4.78, 5) is 31.8. The summed E-state index contributed by atoms with van der Waals surface area (Å²) in [5, 5.41) is 4.11. The van der Waals surface area contributed by atoms with Gasteiger partial charge >= 0.3 is 0 Å². The molecule has 1 N–H and O–H groups in total. The van der Waals surface area contributed by atoms with E-state index >= 15 is 0 Å². The smallest absolute Gasteiger partial charge is 0.231 e. The molecule has 0 bridgehead atoms. The maximum absolute atomic E-state index is 12.7. The number of aromatic nitrogens is 1. The molecule has 2 aliphatic heterocycles. The first-order valence-electron chi connectivity index (χ1n) is 11.5. The third-order valence-electron chi connectivity index (χ3n) is 6.23. The summed E-state index contributed by atoms with van der Waals surface area (Å²) in [6.07, 6.45) is 4.66. The van der Waals surface area contributed by atoms with Crippen molar-refractivity contribution in [3.05, 3.63) is 47.5 Å². The van der Waals surface area contributed by atoms with Crippen LogP contribution in [0.3, 0.4) is 0 Å². The molecule has 2 aliphatic rings. The van der Waals surface area contributed by atoms with Gasteiger partial charge in [0.25, 0.3) is 0 Å². The summed E-state index contributed by atoms with van der Waals surface area (Å²) in [6, 6.07) is 13.6. The van der Waals surface area contributed by atoms with Crippen LogP contribution in [0, 0.1) is 5.92 Å². The number of hydrogen-bond acceptors (Lipinski definition) is 6. The number of benzene rings is 2. The molecule has 0 radical (unpaired) electrons. The number of amides is 2. The summed E-state index contributed by atoms with van der Waals surface area (Å²) < 4.78 is 11.9. The number of nitrogens with one attached hydrogen (secondary N) is 1. The van der Waals surface area contributed by atoms with E-state index < -0.39 is 0 Å². The molecule has 0 unspecified atom stereocenters. The quantitative estimate of drug-likeness (QED) is 0.515. The first-order valence-corrected chi connectivity index (χ1v) is 12.3. The Bertz CT molecular complexity index is 1120. The van der Waals surface area contributed by atoms with Gasteiger partial charge in [-0.2, -0.15) is 0 Å². The highest BCUT2D eigenvalue weighted by molar-refractivity contribution is 7.18. The number of carbonyl (C=O) groups is 2. The fourth-order valence-electron chi connectivity index (χ4n) is 4.35. The number of carbonyl (C=O) groups excluding carboxylic acids is 2. The maximum atomic E-state index is 12.7. The van der Waals surface area contributed by atoms with E-state index in [-0.39, 0.29) is 24.5 Å². The Hall–Kier alpha value is -3.13. The van der Waals surface area contributed by atoms with Gasteiger partial charge in [0.2, 0.25) is 18.6 Å². The van der Waals surface area contributed by atoms with E-state index in [1.165, 1.54) is 4.70 Å². The van der Waals surface area contributed by atoms with Crippen LogP contribution < -0.4 is 14.8 Å². The highest BCUT2D eigenvalue weighted by atomic mass is 32.1. The SMILES string of the molecule is O=C(Nc1ccc2c(c1)OCO2)C1CCN(C(=O)CCCCc2nc3ccccc3s2)CC1. The van der Waals surface area contributed by atoms with Crippen LogP contribution in [0.1, 0.15) is 37.1 Å². The molecule has 172 valence electrons. The Balaban J connectivity index is 1.02. The van der Waals surface area contributed by atoms with Gasteiger partial charge in [-0.25, -0.2) is 4.98 Å². The molecule has 33 heavy (non-hydrogen) atoms. The summed E-state index contributed by atoms with van der Waals surface area (Å²) in [6.45, 7) is 1.48. The molecule has 0 saturated carbocycles. The van der Waals surface area contributed by atoms with Crippen molar-refractivity contribution >= 4 is 39.1 Å². The largest absolute Gasteiger partial charge is 0.454 e. The molecule has 2 amide bonds. The minimum Gasteiger partial charge on any atom is -0.454 e. The molecule has 0 aliphatic carbocycles. The van der Waals surface area contributed by atoms with Crippen LogP contribution >= 0.6 is 11.3 Å². The Morgan fingerprint density at radius 1 is 1.06 bits per heavy atom. The molecule has 0 atom stereocenters. The molecule has 1 aromatic heterocycles. The number of fused-ring (bicyclic) bond motifs is 2. The van der Waals surface area contributed by atoms with Gasteiger partial charge in [-0.1, -0.05) is 12.1 Å². The number of nitrogens with zero attached hydrogens (tertiary/aromatic N) is 2. The molecule has 3 heterocycles. The standard InChI is InChI=1S/C25H27N3O4S/c29-24(8-4-3-7-23-27-19-5-1-2-6-22(19)33-23)28-13-11-17(12-14-28)25(30)26-18-9-10-20-21(15-18)32-16-31-20/h1-2,5-6,9-10,15,17H,3-4,7-8,11-14,16H2,(H,26,30). The molecule has 3 aromatic rings. The second kappa shape index (κ2) is 9.79. The van der Waals surface area contributed by atoms with Crippen molar-refractivity contribution in [3.8, 4) is 11.5 Å². The first kappa shape index (κ1) is 21.7. The van der Waals surface area contributed by atoms with Crippen LogP contribution in [0.15, 0.2) is 42.5 Å². The van der Waals surface area contributed by atoms with Crippen molar-refractivity contribution in [1.29, 1.82) is 0 Å². The predicted molar refractivity (Wildman–Crippen MR) is 128 cm³/mol. The van der Waals surface area contributed by atoms with Crippen molar-refractivity contribution in [1.82, 2.24) is 9.88 Å². The molecule has 1 fully saturated rings. The van der Waals surface area contributed by atoms with Crippen molar-refractivity contribution in [3.63, 3.8) is 0 Å². The van der Waals surface area contributed by atoms with Gasteiger partial charge < -0.3 is 19.7 Å². The molecule has 1 saturated heterocycles. The van der Waals surface area contributed by atoms with Crippen LogP contribution in [-0.4, -0.2) is 41.6 Å². The topological polar surface area (TPSA) is 80.8 Å². The Kier molecular flexibility index (Phi) is 6.44. The van der Waals surface area contributed by atoms with E-state index in [0.29, 0.717) is 49.5 Å². The highest BCUT2D eigenvalue weighted by Gasteiger charge is 2.27. The molecule has 5 rings (SSSR count). The lowest BCUT2D eigenvalue weighted by atomic mass is 9.95. The fraction of sp³-hybridized carbons (Fsp3) is 0.400. The summed E-state index contributed by atoms with van der Waals surface area (Å²) in [5.74, 6) is 1.44. The monoisotopic (exact) mass is 465 g/mol. The van der Waals surface area contributed by atoms with Crippen molar-refractivity contribution in [2.75, 3.05) is 25.2 Å². The second-order valence-electron chi connectivity index (χ2n) is 8.49. The first-order chi connectivity index (χ1) is 16.2. The zero-order valence-electron chi connectivity index (χ0n) is 18.4. The van der Waals surface area contributed by atoms with Crippen LogP contribution in [0.4, 0.5) is 5.69 Å². The van der Waals surface area contributed by atoms with E-state index in [4.69, 9.17) is 9.47 Å². The normalized spacial score (nSPS) is 15.7. The number of rotatable bonds is 7. The van der Waals surface area contributed by atoms with Crippen molar-refractivity contribution < 1.29 is 19.1 Å². The van der Waals surface area contributed by atoms with Gasteiger partial charge in [0.15, 0.2) is 11.5 Å². The lowest BCUT2D eigenvalue weighted by molar-refractivity contribution is -0.134. The van der Waals surface area contributed by atoms with Crippen LogP contribution in [0.5, 0.6) is 11.5 Å². The fourth-order valence-corrected chi connectivity index (χ4v) is 5.36. The zero-order valence-corrected chi connectivity index (χ0v) is 19.2. The Morgan fingerprint density at radius 3 is 2.73 bits per heavy atom. The number of para-hydroxylation sites is 1. The molecule has 7 nitrogen and oxygen atoms in total. The lowest BCUT2D eigenvalue weighted by Gasteiger charge is -2.31. The number of unbranched alkanes of at least 4 members (excludes halogenated alkanes) is 1. The summed E-state index contributed by atoms with van der Waals surface area (Å²) in [7, 11) is 0. The number of aryl methyl sites for hydroxylation is 1. The Morgan fingerprint density at radius 2 is 1.88 bits per heavy atom. The molecule has 0 spiro atoms. The van der Waals surface area contributed by atoms with Crippen molar-refractivity contribution in [2.24, 2.45) is 5.92 Å². The van der Waals surface area contributed by atoms with Gasteiger partial charge in [-0.05, 0) is 56.4 Å². The van der Waals surface area contributed by atoms with E-state index in [1.807, 2.05) is 29.2 Å². The number of piperidine rings is 1. The minimum atomic E-state index is -0.0847. The molecular weight excluding hydrogens is 438 g/mol. The highest BCUT2D eigenvalue weighted by Crippen LogP contribution is 2.34. The third-order valence-corrected chi connectivity index (χ3v) is 7.32. The van der Waals surface area contributed by atoms with E-state index in [0.717, 1.165) is 29.8 Å². The van der Waals surface area contributed by atoms with Crippen LogP contribution in [0.2, 0.25) is 0 Å². The van der Waals surface area contributed by atoms with Crippen LogP contribution in [-0.2, 0) is 16.0 Å². The zero-order chi connectivity index (χ0) is 22.6. The maximum Gasteiger partial charge on any atom is 0.231 e. The second-order valence-corrected chi connectivity index (χ2v) is 9.61. The molecular formula is C25H27N3O4S. The summed E-state index contributed by atoms with van der Waals surface area (Å²) in [5.41, 5.74) is 1.76. The van der Waals surface area contributed by atoms with Gasteiger partial charge in [0, 0.05) is 37.2 Å². The lowest BCUT2D eigenvalue weighted by Crippen LogP contribution is -2.41. The number of hydrogen-bond donors (Lipinski definition) is 1. The minimum absolute atomic E-state index is 0.00296. The van der Waals surface area contributed by atoms with E-state index in [1.54, 1.807) is 23.5 Å². The van der Waals surface area contributed by atoms with Gasteiger partial charge in [0.05, 0.1) is 15.2 Å². The number of ether oxygens (including phenoxy) is 2. The average molecular weight is 466 g/mol. The van der Waals surface area contributed by atoms with Crippen molar-refractivity contribution in [2.45, 2.75) is 38.5 Å². The predicted octanol–water partition coefficient (Wildman–Crippen LogP) is 4.62. The number of likely N-dealkylation sites (tertiary alicyclic amines) is 1.